The number of hydrogen-bond acceptors (Lipinski definition) is 7. The molecular weight excluding hydrogens is 434 g/mol. The second kappa shape index (κ2) is 14.1. The molecule has 0 saturated carbocycles. The van der Waals surface area contributed by atoms with Crippen LogP contribution in [0.3, 0.4) is 0 Å². The van der Waals surface area contributed by atoms with Gasteiger partial charge in [-0.2, -0.15) is 0 Å². The topological polar surface area (TPSA) is 103 Å². The van der Waals surface area contributed by atoms with Gasteiger partial charge in [-0.25, -0.2) is 14.6 Å². The highest BCUT2D eigenvalue weighted by Crippen LogP contribution is 2.17. The number of carbonyl (C=O) groups excluding carboxylic acids is 3. The summed E-state index contributed by atoms with van der Waals surface area (Å²) in [6, 6.07) is 8.99. The first-order valence-corrected chi connectivity index (χ1v) is 11.6. The number of aliphatic hydroxyl groups is 1. The molecule has 0 bridgehead atoms. The van der Waals surface area contributed by atoms with Crippen LogP contribution in [0.2, 0.25) is 0 Å². The number of hydrogen-bond donors (Lipinski definition) is 1. The second-order valence-corrected chi connectivity index (χ2v) is 8.04. The van der Waals surface area contributed by atoms with E-state index in [4.69, 9.17) is 9.47 Å². The average molecular weight is 468 g/mol. The number of methoxy groups -OCH3 is 2. The fourth-order valence-electron chi connectivity index (χ4n) is 3.49. The second-order valence-electron chi connectivity index (χ2n) is 8.04. The van der Waals surface area contributed by atoms with Crippen LogP contribution in [0.1, 0.15) is 94.3 Å². The number of aromatic nitrogens is 1. The third-order valence-electron chi connectivity index (χ3n) is 5.38. The van der Waals surface area contributed by atoms with E-state index >= 15 is 0 Å². The molecule has 182 valence electrons. The van der Waals surface area contributed by atoms with Crippen LogP contribution in [0.5, 0.6) is 0 Å². The van der Waals surface area contributed by atoms with Gasteiger partial charge in [0.2, 0.25) is 5.78 Å². The summed E-state index contributed by atoms with van der Waals surface area (Å²) in [4.78, 5) is 41.4. The molecule has 1 atom stereocenters. The summed E-state index contributed by atoms with van der Waals surface area (Å²) in [5.41, 5.74) is 0.890. The van der Waals surface area contributed by atoms with Crippen LogP contribution in [-0.4, -0.2) is 48.1 Å². The molecule has 0 saturated heterocycles. The minimum Gasteiger partial charge on any atom is -0.465 e. The lowest BCUT2D eigenvalue weighted by Gasteiger charge is -2.08. The van der Waals surface area contributed by atoms with Gasteiger partial charge in [-0.3, -0.25) is 4.79 Å². The van der Waals surface area contributed by atoms with Gasteiger partial charge in [0, 0.05) is 5.56 Å². The van der Waals surface area contributed by atoms with Gasteiger partial charge in [-0.15, -0.1) is 0 Å². The molecule has 0 amide bonds. The summed E-state index contributed by atoms with van der Waals surface area (Å²) < 4.78 is 9.44. The number of pyridine rings is 1. The van der Waals surface area contributed by atoms with E-state index in [2.05, 4.69) is 11.9 Å². The Morgan fingerprint density at radius 3 is 2.12 bits per heavy atom. The van der Waals surface area contributed by atoms with Crippen molar-refractivity contribution in [2.45, 2.75) is 58.0 Å². The third kappa shape index (κ3) is 8.23. The van der Waals surface area contributed by atoms with Crippen LogP contribution in [0, 0.1) is 0 Å². The smallest absolute Gasteiger partial charge is 0.337 e. The van der Waals surface area contributed by atoms with E-state index in [-0.39, 0.29) is 22.4 Å². The molecule has 0 fully saturated rings. The van der Waals surface area contributed by atoms with Crippen LogP contribution in [0.15, 0.2) is 42.5 Å². The summed E-state index contributed by atoms with van der Waals surface area (Å²) in [7, 11) is 2.43. The van der Waals surface area contributed by atoms with Crippen molar-refractivity contribution in [2.75, 3.05) is 14.2 Å². The molecular formula is C27H33NO6. The van der Waals surface area contributed by atoms with Gasteiger partial charge in [-0.05, 0) is 42.8 Å². The van der Waals surface area contributed by atoms with Crippen molar-refractivity contribution in [3.05, 3.63) is 70.6 Å². The van der Waals surface area contributed by atoms with Crippen LogP contribution in [-0.2, 0) is 9.47 Å². The Kier molecular flexibility index (Phi) is 11.1. The summed E-state index contributed by atoms with van der Waals surface area (Å²) in [5, 5.41) is 10.2. The lowest BCUT2D eigenvalue weighted by Crippen LogP contribution is -2.11. The number of ketones is 1. The maximum atomic E-state index is 13.1. The Morgan fingerprint density at radius 2 is 1.50 bits per heavy atom. The standard InChI is InChI=1S/C27H33NO6/c1-4-5-6-7-8-9-12-23(29)15-14-22-11-10-13-24(28-22)25(30)19-16-20(26(31)33-2)18-21(17-19)27(32)34-3/h10-11,13-18,23,29H,4-9,12H2,1-3H3. The fraction of sp³-hybridized carbons (Fsp3) is 0.407. The first-order valence-electron chi connectivity index (χ1n) is 11.6. The van der Waals surface area contributed by atoms with E-state index in [0.717, 1.165) is 12.8 Å². The maximum absolute atomic E-state index is 13.1. The summed E-state index contributed by atoms with van der Waals surface area (Å²) in [5.74, 6) is -1.81. The monoisotopic (exact) mass is 467 g/mol. The molecule has 1 aromatic carbocycles. The Hall–Kier alpha value is -3.32. The minimum absolute atomic E-state index is 0.0580. The Labute approximate surface area is 200 Å². The molecule has 1 N–H and O–H groups in total. The molecule has 0 aliphatic heterocycles. The van der Waals surface area contributed by atoms with Gasteiger partial charge in [-0.1, -0.05) is 57.6 Å². The van der Waals surface area contributed by atoms with E-state index in [0.29, 0.717) is 12.1 Å². The zero-order valence-electron chi connectivity index (χ0n) is 20.1. The predicted octanol–water partition coefficient (Wildman–Crippen LogP) is 5.01. The first kappa shape index (κ1) is 26.9. The molecule has 7 heteroatoms. The molecule has 2 aromatic rings. The normalized spacial score (nSPS) is 11.9. The highest BCUT2D eigenvalue weighted by Gasteiger charge is 2.19. The highest BCUT2D eigenvalue weighted by molar-refractivity contribution is 6.10. The summed E-state index contributed by atoms with van der Waals surface area (Å²) >= 11 is 0. The number of ether oxygens (including phenoxy) is 2. The van der Waals surface area contributed by atoms with Crippen molar-refractivity contribution in [3.63, 3.8) is 0 Å². The lowest BCUT2D eigenvalue weighted by atomic mass is 10.0. The summed E-state index contributed by atoms with van der Waals surface area (Å²) in [6.45, 7) is 2.18. The van der Waals surface area contributed by atoms with Gasteiger partial charge >= 0.3 is 11.9 Å². The maximum Gasteiger partial charge on any atom is 0.337 e. The first-order chi connectivity index (χ1) is 16.4. The van der Waals surface area contributed by atoms with E-state index in [1.54, 1.807) is 30.4 Å². The van der Waals surface area contributed by atoms with Crippen LogP contribution >= 0.6 is 0 Å². The van der Waals surface area contributed by atoms with E-state index in [1.165, 1.54) is 58.1 Å². The van der Waals surface area contributed by atoms with Crippen molar-refractivity contribution in [2.24, 2.45) is 0 Å². The SMILES string of the molecule is CCCCCCCCC(O)C=Cc1cccc(C(=O)c2cc(C(=O)OC)cc(C(=O)OC)c2)n1. The van der Waals surface area contributed by atoms with Crippen molar-refractivity contribution in [3.8, 4) is 0 Å². The minimum atomic E-state index is -0.677. The van der Waals surface area contributed by atoms with Gasteiger partial charge < -0.3 is 14.6 Å². The molecule has 0 aliphatic carbocycles. The molecule has 7 nitrogen and oxygen atoms in total. The Bertz CT molecular complexity index is 980. The van der Waals surface area contributed by atoms with E-state index in [1.807, 2.05) is 0 Å². The van der Waals surface area contributed by atoms with Gasteiger partial charge in [0.1, 0.15) is 5.69 Å². The number of benzene rings is 1. The summed E-state index contributed by atoms with van der Waals surface area (Å²) in [6.07, 6.45) is 10.4. The predicted molar refractivity (Wildman–Crippen MR) is 130 cm³/mol. The zero-order valence-corrected chi connectivity index (χ0v) is 20.1. The number of carbonyl (C=O) groups is 3. The number of rotatable bonds is 13. The van der Waals surface area contributed by atoms with Gasteiger partial charge in [0.25, 0.3) is 0 Å². The van der Waals surface area contributed by atoms with Crippen molar-refractivity contribution >= 4 is 23.8 Å². The number of nitrogens with zero attached hydrogens (tertiary/aromatic N) is 1. The largest absolute Gasteiger partial charge is 0.465 e. The molecule has 1 heterocycles. The van der Waals surface area contributed by atoms with E-state index in [9.17, 15) is 19.5 Å². The van der Waals surface area contributed by atoms with E-state index < -0.39 is 23.8 Å². The molecule has 34 heavy (non-hydrogen) atoms. The van der Waals surface area contributed by atoms with Crippen LogP contribution < -0.4 is 0 Å². The third-order valence-corrected chi connectivity index (χ3v) is 5.38. The Balaban J connectivity index is 2.13. The van der Waals surface area contributed by atoms with Gasteiger partial charge in [0.15, 0.2) is 0 Å². The zero-order chi connectivity index (χ0) is 24.9. The van der Waals surface area contributed by atoms with Gasteiger partial charge in [0.05, 0.1) is 37.1 Å². The quantitative estimate of drug-likeness (QED) is 0.251. The molecule has 0 radical (unpaired) electrons. The van der Waals surface area contributed by atoms with Crippen molar-refractivity contribution in [1.29, 1.82) is 0 Å². The van der Waals surface area contributed by atoms with Crippen molar-refractivity contribution in [1.82, 2.24) is 4.98 Å². The molecule has 2 rings (SSSR count). The molecule has 1 aromatic heterocycles. The number of unbranched alkanes of at least 4 members (excludes halogenated alkanes) is 5. The highest BCUT2D eigenvalue weighted by atomic mass is 16.5. The Morgan fingerprint density at radius 1 is 0.912 bits per heavy atom. The molecule has 0 spiro atoms. The average Bonchev–Trinajstić information content (AvgIpc) is 2.87. The lowest BCUT2D eigenvalue weighted by molar-refractivity contribution is 0.0599. The van der Waals surface area contributed by atoms with Crippen LogP contribution in [0.25, 0.3) is 6.08 Å². The number of aliphatic hydroxyl groups excluding tert-OH is 1. The fourth-order valence-corrected chi connectivity index (χ4v) is 3.49. The van der Waals surface area contributed by atoms with Crippen LogP contribution in [0.4, 0.5) is 0 Å². The number of esters is 2. The van der Waals surface area contributed by atoms with Crippen molar-refractivity contribution < 1.29 is 29.0 Å². The molecule has 1 unspecified atom stereocenters. The molecule has 0 aliphatic rings.